The van der Waals surface area contributed by atoms with Gasteiger partial charge in [0.15, 0.2) is 0 Å². The molecule has 1 aliphatic rings. The molecule has 0 unspecified atom stereocenters. The molecule has 0 radical (unpaired) electrons. The largest absolute Gasteiger partial charge is 0.472 e. The lowest BCUT2D eigenvalue weighted by atomic mass is 9.98. The van der Waals surface area contributed by atoms with Gasteiger partial charge >= 0.3 is 0 Å². The van der Waals surface area contributed by atoms with Crippen molar-refractivity contribution in [2.24, 2.45) is 5.73 Å². The maximum absolute atomic E-state index is 13.0. The number of H-pyrrole nitrogens is 1. The van der Waals surface area contributed by atoms with Crippen LogP contribution in [0.2, 0.25) is 0 Å². The Morgan fingerprint density at radius 2 is 2.24 bits per heavy atom. The van der Waals surface area contributed by atoms with Crippen LogP contribution in [0.3, 0.4) is 0 Å². The fourth-order valence-corrected chi connectivity index (χ4v) is 3.32. The van der Waals surface area contributed by atoms with Gasteiger partial charge in [-0.05, 0) is 55.1 Å². The summed E-state index contributed by atoms with van der Waals surface area (Å²) in [6.45, 7) is 1.34. The number of benzene rings is 1. The van der Waals surface area contributed by atoms with Gasteiger partial charge in [-0.2, -0.15) is 5.10 Å². The third-order valence-corrected chi connectivity index (χ3v) is 4.57. The smallest absolute Gasteiger partial charge is 0.276 e. The number of nitrogens with zero attached hydrogens (tertiary/aromatic N) is 2. The van der Waals surface area contributed by atoms with Gasteiger partial charge in [-0.15, -0.1) is 0 Å². The van der Waals surface area contributed by atoms with Crippen molar-refractivity contribution >= 4 is 11.6 Å². The van der Waals surface area contributed by atoms with E-state index < -0.39 is 0 Å². The summed E-state index contributed by atoms with van der Waals surface area (Å²) in [5.74, 6) is -0.0604. The van der Waals surface area contributed by atoms with E-state index in [1.165, 1.54) is 11.1 Å². The number of hydrogen-bond acceptors (Lipinski definition) is 4. The van der Waals surface area contributed by atoms with Gasteiger partial charge in [0, 0.05) is 17.8 Å². The minimum Gasteiger partial charge on any atom is -0.472 e. The van der Waals surface area contributed by atoms with E-state index in [0.29, 0.717) is 24.5 Å². The van der Waals surface area contributed by atoms with Crippen molar-refractivity contribution in [3.8, 4) is 11.3 Å². The minimum absolute atomic E-state index is 0.0604. The number of anilines is 1. The minimum atomic E-state index is -0.0604. The Morgan fingerprint density at radius 3 is 3.04 bits per heavy atom. The average Bonchev–Trinajstić information content (AvgIpc) is 3.32. The van der Waals surface area contributed by atoms with E-state index in [0.717, 1.165) is 30.5 Å². The number of nitrogens with one attached hydrogen (secondary N) is 1. The summed E-state index contributed by atoms with van der Waals surface area (Å²) >= 11 is 0. The summed E-state index contributed by atoms with van der Waals surface area (Å²) in [5.41, 5.74) is 11.1. The lowest BCUT2D eigenvalue weighted by Crippen LogP contribution is -2.35. The van der Waals surface area contributed by atoms with E-state index in [1.807, 2.05) is 17.0 Å². The van der Waals surface area contributed by atoms with Crippen LogP contribution in [-0.2, 0) is 12.8 Å². The van der Waals surface area contributed by atoms with Gasteiger partial charge in [0.2, 0.25) is 0 Å². The first-order valence-electron chi connectivity index (χ1n) is 8.48. The molecule has 3 aromatic rings. The molecule has 25 heavy (non-hydrogen) atoms. The van der Waals surface area contributed by atoms with Crippen LogP contribution in [0.5, 0.6) is 0 Å². The Balaban J connectivity index is 1.61. The Bertz CT molecular complexity index is 883. The number of fused-ring (bicyclic) bond motifs is 1. The number of aromatic nitrogens is 2. The van der Waals surface area contributed by atoms with Crippen molar-refractivity contribution in [3.05, 3.63) is 59.7 Å². The Morgan fingerprint density at radius 1 is 1.32 bits per heavy atom. The molecule has 1 aliphatic heterocycles. The zero-order valence-electron chi connectivity index (χ0n) is 13.9. The first kappa shape index (κ1) is 15.7. The predicted octanol–water partition coefficient (Wildman–Crippen LogP) is 2.76. The highest BCUT2D eigenvalue weighted by molar-refractivity contribution is 6.06. The lowest BCUT2D eigenvalue weighted by molar-refractivity contribution is 0.0980. The maximum Gasteiger partial charge on any atom is 0.276 e. The molecule has 128 valence electrons. The average molecular weight is 336 g/mol. The molecule has 0 spiro atoms. The molecule has 6 heteroatoms. The number of carbonyl (C=O) groups is 1. The molecule has 1 aromatic carbocycles. The molecule has 0 atom stereocenters. The second-order valence-electron chi connectivity index (χ2n) is 6.24. The van der Waals surface area contributed by atoms with Gasteiger partial charge in [0.1, 0.15) is 5.69 Å². The number of furan rings is 1. The normalized spacial score (nSPS) is 13.7. The maximum atomic E-state index is 13.0. The summed E-state index contributed by atoms with van der Waals surface area (Å²) in [5, 5.41) is 7.08. The molecule has 0 bridgehead atoms. The second-order valence-corrected chi connectivity index (χ2v) is 6.24. The first-order chi connectivity index (χ1) is 12.3. The second kappa shape index (κ2) is 6.57. The van der Waals surface area contributed by atoms with Crippen molar-refractivity contribution in [1.82, 2.24) is 10.2 Å². The molecule has 3 heterocycles. The van der Waals surface area contributed by atoms with Crippen LogP contribution in [0.15, 0.2) is 47.3 Å². The van der Waals surface area contributed by atoms with Crippen LogP contribution in [0.25, 0.3) is 11.3 Å². The lowest BCUT2D eigenvalue weighted by Gasteiger charge is -2.29. The highest BCUT2D eigenvalue weighted by atomic mass is 16.3. The molecule has 0 saturated heterocycles. The van der Waals surface area contributed by atoms with Gasteiger partial charge in [-0.3, -0.25) is 9.89 Å². The van der Waals surface area contributed by atoms with Gasteiger partial charge in [-0.1, -0.05) is 12.1 Å². The SMILES string of the molecule is NCCc1ccc2c(c1)CCCN2C(=O)c1cc(-c2ccoc2)n[nH]1. The number of aromatic amines is 1. The topological polar surface area (TPSA) is 88.2 Å². The summed E-state index contributed by atoms with van der Waals surface area (Å²) in [6.07, 6.45) is 6.00. The van der Waals surface area contributed by atoms with Crippen LogP contribution < -0.4 is 10.6 Å². The highest BCUT2D eigenvalue weighted by Gasteiger charge is 2.25. The van der Waals surface area contributed by atoms with E-state index >= 15 is 0 Å². The fraction of sp³-hybridized carbons (Fsp3) is 0.263. The van der Waals surface area contributed by atoms with E-state index in [4.69, 9.17) is 10.2 Å². The molecule has 0 aliphatic carbocycles. The van der Waals surface area contributed by atoms with Crippen molar-refractivity contribution in [3.63, 3.8) is 0 Å². The third-order valence-electron chi connectivity index (χ3n) is 4.57. The van der Waals surface area contributed by atoms with Crippen molar-refractivity contribution < 1.29 is 9.21 Å². The summed E-state index contributed by atoms with van der Waals surface area (Å²) < 4.78 is 5.07. The molecule has 2 aromatic heterocycles. The zero-order valence-corrected chi connectivity index (χ0v) is 13.9. The Kier molecular flexibility index (Phi) is 4.11. The highest BCUT2D eigenvalue weighted by Crippen LogP contribution is 2.30. The molecular formula is C19H20N4O2. The van der Waals surface area contributed by atoms with Gasteiger partial charge in [0.05, 0.1) is 18.2 Å². The van der Waals surface area contributed by atoms with Crippen molar-refractivity contribution in [2.75, 3.05) is 18.0 Å². The van der Waals surface area contributed by atoms with Gasteiger partial charge < -0.3 is 15.1 Å². The molecular weight excluding hydrogens is 316 g/mol. The predicted molar refractivity (Wildman–Crippen MR) is 95.5 cm³/mol. The molecule has 0 fully saturated rings. The number of rotatable bonds is 4. The molecule has 1 amide bonds. The van der Waals surface area contributed by atoms with Crippen LogP contribution >= 0.6 is 0 Å². The number of hydrogen-bond donors (Lipinski definition) is 2. The quantitative estimate of drug-likeness (QED) is 0.767. The Hall–Kier alpha value is -2.86. The van der Waals surface area contributed by atoms with E-state index in [9.17, 15) is 4.79 Å². The van der Waals surface area contributed by atoms with E-state index in [-0.39, 0.29) is 5.91 Å². The van der Waals surface area contributed by atoms with Gasteiger partial charge in [-0.25, -0.2) is 0 Å². The summed E-state index contributed by atoms with van der Waals surface area (Å²) in [7, 11) is 0. The zero-order chi connectivity index (χ0) is 17.2. The number of nitrogens with two attached hydrogens (primary N) is 1. The van der Waals surface area contributed by atoms with Crippen molar-refractivity contribution in [2.45, 2.75) is 19.3 Å². The van der Waals surface area contributed by atoms with Crippen LogP contribution in [0.4, 0.5) is 5.69 Å². The Labute approximate surface area is 145 Å². The van der Waals surface area contributed by atoms with Crippen LogP contribution in [0.1, 0.15) is 28.0 Å². The van der Waals surface area contributed by atoms with Crippen LogP contribution in [0, 0.1) is 0 Å². The van der Waals surface area contributed by atoms with E-state index in [2.05, 4.69) is 22.3 Å². The monoisotopic (exact) mass is 336 g/mol. The first-order valence-corrected chi connectivity index (χ1v) is 8.48. The van der Waals surface area contributed by atoms with E-state index in [1.54, 1.807) is 18.6 Å². The number of aryl methyl sites for hydroxylation is 1. The summed E-state index contributed by atoms with van der Waals surface area (Å²) in [4.78, 5) is 14.8. The molecule has 3 N–H and O–H groups in total. The third kappa shape index (κ3) is 2.96. The number of amides is 1. The van der Waals surface area contributed by atoms with Crippen molar-refractivity contribution in [1.29, 1.82) is 0 Å². The van der Waals surface area contributed by atoms with Gasteiger partial charge in [0.25, 0.3) is 5.91 Å². The molecule has 4 rings (SSSR count). The molecule has 0 saturated carbocycles. The number of carbonyl (C=O) groups excluding carboxylic acids is 1. The summed E-state index contributed by atoms with van der Waals surface area (Å²) in [6, 6.07) is 9.85. The fourth-order valence-electron chi connectivity index (χ4n) is 3.32. The van der Waals surface area contributed by atoms with Crippen LogP contribution in [-0.4, -0.2) is 29.2 Å². The molecule has 6 nitrogen and oxygen atoms in total. The standard InChI is InChI=1S/C19H20N4O2/c20-7-5-13-3-4-18-14(10-13)2-1-8-23(18)19(24)17-11-16(21-22-17)15-6-9-25-12-15/h3-4,6,9-12H,1-2,5,7-8,20H2,(H,21,22).